The van der Waals surface area contributed by atoms with Gasteiger partial charge in [-0.05, 0) is 116 Å². The lowest BCUT2D eigenvalue weighted by molar-refractivity contribution is 0.656. The average molecular weight is 693 g/mol. The first-order valence-corrected chi connectivity index (χ1v) is 18.5. The Morgan fingerprint density at radius 1 is 0.315 bits per heavy atom. The van der Waals surface area contributed by atoms with Crippen LogP contribution in [0.4, 0.5) is 0 Å². The standard InChI is InChI=1S/C50H32N2O2/c1-29-12-17-43-36(22-29)38-24-31(14-19-45(38)51(43)33-8-4-3-5-9-33)32-15-20-46-39(25-32)37-23-30(2)13-18-44(37)52(46)34-16-21-48-40(26-34)42-27-41-35-10-6-7-11-47(35)53-49(41)28-50(42)54-48/h3-28H,1-2H3. The maximum Gasteiger partial charge on any atom is 0.139 e. The number of nitrogens with zero attached hydrogens (tertiary/aromatic N) is 2. The predicted molar refractivity (Wildman–Crippen MR) is 225 cm³/mol. The fourth-order valence-electron chi connectivity index (χ4n) is 8.89. The monoisotopic (exact) mass is 692 g/mol. The van der Waals surface area contributed by atoms with E-state index in [0.717, 1.165) is 49.6 Å². The first-order valence-electron chi connectivity index (χ1n) is 18.5. The number of hydrogen-bond donors (Lipinski definition) is 0. The second-order valence-corrected chi connectivity index (χ2v) is 14.7. The number of fused-ring (bicyclic) bond motifs is 12. The van der Waals surface area contributed by atoms with E-state index in [-0.39, 0.29) is 0 Å². The molecule has 0 spiro atoms. The van der Waals surface area contributed by atoms with Crippen molar-refractivity contribution in [3.05, 3.63) is 169 Å². The summed E-state index contributed by atoms with van der Waals surface area (Å²) < 4.78 is 17.4. The second kappa shape index (κ2) is 10.8. The summed E-state index contributed by atoms with van der Waals surface area (Å²) >= 11 is 0. The van der Waals surface area contributed by atoms with Crippen molar-refractivity contribution in [2.75, 3.05) is 0 Å². The zero-order valence-corrected chi connectivity index (χ0v) is 29.7. The van der Waals surface area contributed by atoms with Gasteiger partial charge in [0.05, 0.1) is 22.1 Å². The van der Waals surface area contributed by atoms with Crippen LogP contribution in [0.5, 0.6) is 0 Å². The van der Waals surface area contributed by atoms with E-state index >= 15 is 0 Å². The van der Waals surface area contributed by atoms with Crippen LogP contribution in [-0.2, 0) is 0 Å². The molecule has 0 aliphatic rings. The molecule has 0 bridgehead atoms. The van der Waals surface area contributed by atoms with E-state index in [0.29, 0.717) is 0 Å². The Bertz CT molecular complexity index is 3520. The summed E-state index contributed by atoms with van der Waals surface area (Å²) in [5.74, 6) is 0. The maximum absolute atomic E-state index is 6.40. The second-order valence-electron chi connectivity index (χ2n) is 14.7. The minimum absolute atomic E-state index is 0.829. The molecule has 0 unspecified atom stereocenters. The van der Waals surface area contributed by atoms with Gasteiger partial charge in [0.25, 0.3) is 0 Å². The molecule has 0 amide bonds. The van der Waals surface area contributed by atoms with E-state index in [1.54, 1.807) is 0 Å². The molecule has 54 heavy (non-hydrogen) atoms. The van der Waals surface area contributed by atoms with Crippen LogP contribution in [0.25, 0.3) is 110 Å². The summed E-state index contributed by atoms with van der Waals surface area (Å²) in [5, 5.41) is 9.40. The Morgan fingerprint density at radius 3 is 1.46 bits per heavy atom. The lowest BCUT2D eigenvalue weighted by atomic mass is 10.00. The highest BCUT2D eigenvalue weighted by atomic mass is 16.3. The number of para-hydroxylation sites is 2. The SMILES string of the molecule is Cc1ccc2c(c1)c1cc(-c3ccc4c(c3)c3cc(C)ccc3n4-c3ccc4oc5cc6oc7ccccc7c6cc5c4c3)ccc1n2-c1ccccc1. The number of benzene rings is 8. The minimum atomic E-state index is 0.829. The molecule has 0 radical (unpaired) electrons. The normalized spacial score (nSPS) is 12.3. The van der Waals surface area contributed by atoms with E-state index in [9.17, 15) is 0 Å². The first-order chi connectivity index (χ1) is 26.6. The van der Waals surface area contributed by atoms with E-state index in [2.05, 4.69) is 163 Å². The summed E-state index contributed by atoms with van der Waals surface area (Å²) in [7, 11) is 0. The van der Waals surface area contributed by atoms with Gasteiger partial charge in [-0.15, -0.1) is 0 Å². The van der Waals surface area contributed by atoms with Gasteiger partial charge in [-0.2, -0.15) is 0 Å². The maximum atomic E-state index is 6.40. The molecule has 4 aromatic heterocycles. The van der Waals surface area contributed by atoms with Gasteiger partial charge in [0.2, 0.25) is 0 Å². The van der Waals surface area contributed by atoms with E-state index in [4.69, 9.17) is 8.83 Å². The highest BCUT2D eigenvalue weighted by Gasteiger charge is 2.19. The van der Waals surface area contributed by atoms with E-state index in [1.807, 2.05) is 18.2 Å². The number of rotatable bonds is 3. The molecule has 0 fully saturated rings. The van der Waals surface area contributed by atoms with Gasteiger partial charge < -0.3 is 18.0 Å². The van der Waals surface area contributed by atoms with Crippen molar-refractivity contribution in [2.24, 2.45) is 0 Å². The summed E-state index contributed by atoms with van der Waals surface area (Å²) in [6.07, 6.45) is 0. The molecule has 0 saturated heterocycles. The number of aryl methyl sites for hydroxylation is 2. The highest BCUT2D eigenvalue weighted by Crippen LogP contribution is 2.41. The third kappa shape index (κ3) is 4.13. The van der Waals surface area contributed by atoms with Crippen molar-refractivity contribution in [3.63, 3.8) is 0 Å². The molecule has 0 atom stereocenters. The molecular formula is C50H32N2O2. The molecule has 4 heterocycles. The topological polar surface area (TPSA) is 36.1 Å². The summed E-state index contributed by atoms with van der Waals surface area (Å²) in [6, 6.07) is 57.2. The van der Waals surface area contributed by atoms with Crippen LogP contribution >= 0.6 is 0 Å². The van der Waals surface area contributed by atoms with E-state index < -0.39 is 0 Å². The van der Waals surface area contributed by atoms with Gasteiger partial charge in [0.1, 0.15) is 22.3 Å². The number of furan rings is 2. The third-order valence-electron chi connectivity index (χ3n) is 11.4. The molecule has 4 heteroatoms. The fraction of sp³-hybridized carbons (Fsp3) is 0.0400. The van der Waals surface area contributed by atoms with Gasteiger partial charge in [0.15, 0.2) is 0 Å². The Labute approximate surface area is 309 Å². The fourth-order valence-corrected chi connectivity index (χ4v) is 8.89. The molecular weight excluding hydrogens is 661 g/mol. The molecule has 0 saturated carbocycles. The highest BCUT2D eigenvalue weighted by molar-refractivity contribution is 6.16. The van der Waals surface area contributed by atoms with Crippen LogP contribution in [0.15, 0.2) is 167 Å². The Balaban J connectivity index is 1.05. The largest absolute Gasteiger partial charge is 0.456 e. The lowest BCUT2D eigenvalue weighted by Gasteiger charge is -2.09. The molecule has 8 aromatic carbocycles. The van der Waals surface area contributed by atoms with Crippen LogP contribution in [0, 0.1) is 13.8 Å². The van der Waals surface area contributed by atoms with Crippen LogP contribution in [0.1, 0.15) is 11.1 Å². The summed E-state index contributed by atoms with van der Waals surface area (Å²) in [4.78, 5) is 0. The van der Waals surface area contributed by atoms with Gasteiger partial charge in [-0.25, -0.2) is 0 Å². The minimum Gasteiger partial charge on any atom is -0.456 e. The van der Waals surface area contributed by atoms with E-state index in [1.165, 1.54) is 71.6 Å². The van der Waals surface area contributed by atoms with Gasteiger partial charge in [0, 0.05) is 60.5 Å². The molecule has 0 aliphatic carbocycles. The molecule has 0 N–H and O–H groups in total. The van der Waals surface area contributed by atoms with Crippen molar-refractivity contribution in [1.29, 1.82) is 0 Å². The Morgan fingerprint density at radius 2 is 0.815 bits per heavy atom. The van der Waals surface area contributed by atoms with Crippen LogP contribution in [0.3, 0.4) is 0 Å². The summed E-state index contributed by atoms with van der Waals surface area (Å²) in [6.45, 7) is 4.35. The smallest absolute Gasteiger partial charge is 0.139 e. The van der Waals surface area contributed by atoms with Crippen LogP contribution in [-0.4, -0.2) is 9.13 Å². The van der Waals surface area contributed by atoms with Crippen molar-refractivity contribution in [2.45, 2.75) is 13.8 Å². The molecule has 254 valence electrons. The van der Waals surface area contributed by atoms with Crippen molar-refractivity contribution >= 4 is 87.5 Å². The van der Waals surface area contributed by atoms with Crippen LogP contribution in [0.2, 0.25) is 0 Å². The van der Waals surface area contributed by atoms with Gasteiger partial charge in [-0.3, -0.25) is 0 Å². The Hall–Kier alpha value is -7.04. The van der Waals surface area contributed by atoms with Crippen molar-refractivity contribution < 1.29 is 8.83 Å². The lowest BCUT2D eigenvalue weighted by Crippen LogP contribution is -1.93. The first kappa shape index (κ1) is 29.5. The van der Waals surface area contributed by atoms with Crippen LogP contribution < -0.4 is 0 Å². The van der Waals surface area contributed by atoms with Gasteiger partial charge in [-0.1, -0.05) is 71.8 Å². The zero-order valence-electron chi connectivity index (χ0n) is 29.7. The zero-order chi connectivity index (χ0) is 35.7. The molecule has 12 rings (SSSR count). The van der Waals surface area contributed by atoms with Gasteiger partial charge >= 0.3 is 0 Å². The van der Waals surface area contributed by atoms with Crippen molar-refractivity contribution in [1.82, 2.24) is 9.13 Å². The average Bonchev–Trinajstić information content (AvgIpc) is 3.93. The summed E-state index contributed by atoms with van der Waals surface area (Å²) in [5.41, 5.74) is 15.4. The number of aromatic nitrogens is 2. The number of hydrogen-bond acceptors (Lipinski definition) is 2. The quantitative estimate of drug-likeness (QED) is 0.185. The third-order valence-corrected chi connectivity index (χ3v) is 11.4. The molecule has 0 aliphatic heterocycles. The predicted octanol–water partition coefficient (Wildman–Crippen LogP) is 14.0. The van der Waals surface area contributed by atoms with Crippen molar-refractivity contribution in [3.8, 4) is 22.5 Å². The molecule has 4 nitrogen and oxygen atoms in total. The Kier molecular flexibility index (Phi) is 5.88. The molecule has 12 aromatic rings.